The highest BCUT2D eigenvalue weighted by molar-refractivity contribution is 5.67. The van der Waals surface area contributed by atoms with Gasteiger partial charge in [0.05, 0.1) is 5.69 Å². The molecular formula is C18H20N2. The molecule has 2 heterocycles. The summed E-state index contributed by atoms with van der Waals surface area (Å²) in [5.74, 6) is 0. The van der Waals surface area contributed by atoms with Gasteiger partial charge in [-0.05, 0) is 75.1 Å². The van der Waals surface area contributed by atoms with Crippen molar-refractivity contribution >= 4 is 0 Å². The molecule has 2 aliphatic carbocycles. The first-order valence-electron chi connectivity index (χ1n) is 7.71. The minimum atomic E-state index is 1.14. The van der Waals surface area contributed by atoms with Crippen molar-refractivity contribution in [3.63, 3.8) is 0 Å². The summed E-state index contributed by atoms with van der Waals surface area (Å²) in [4.78, 5) is 9.79. The second-order valence-electron chi connectivity index (χ2n) is 6.19. The van der Waals surface area contributed by atoms with E-state index in [0.717, 1.165) is 24.2 Å². The highest BCUT2D eigenvalue weighted by Gasteiger charge is 2.20. The number of pyridine rings is 2. The van der Waals surface area contributed by atoms with Crippen LogP contribution in [0.4, 0.5) is 0 Å². The van der Waals surface area contributed by atoms with Crippen LogP contribution in [-0.2, 0) is 25.7 Å². The van der Waals surface area contributed by atoms with Crippen LogP contribution >= 0.6 is 0 Å². The van der Waals surface area contributed by atoms with E-state index < -0.39 is 0 Å². The lowest BCUT2D eigenvalue weighted by atomic mass is 10.0. The molecule has 0 saturated heterocycles. The smallest absolute Gasteiger partial charge is 0.0752 e. The minimum absolute atomic E-state index is 1.14. The standard InChI is InChI=1S/C18H20N2/c1-11-9-13-5-3-8-17(13)20-18(11)15-10-14-6-4-7-16(14)19-12(15)2/h9-10H,3-8H2,1-2H3. The Bertz CT molecular complexity index is 640. The van der Waals surface area contributed by atoms with Gasteiger partial charge in [-0.2, -0.15) is 0 Å². The maximum atomic E-state index is 4.97. The summed E-state index contributed by atoms with van der Waals surface area (Å²) in [7, 11) is 0. The van der Waals surface area contributed by atoms with E-state index in [9.17, 15) is 0 Å². The van der Waals surface area contributed by atoms with Crippen LogP contribution in [0, 0.1) is 13.8 Å². The molecule has 2 heteroatoms. The number of hydrogen-bond acceptors (Lipinski definition) is 2. The van der Waals surface area contributed by atoms with Crippen molar-refractivity contribution in [2.75, 3.05) is 0 Å². The zero-order chi connectivity index (χ0) is 13.7. The Hall–Kier alpha value is -1.70. The van der Waals surface area contributed by atoms with Crippen LogP contribution in [0.1, 0.15) is 46.6 Å². The van der Waals surface area contributed by atoms with Crippen molar-refractivity contribution < 1.29 is 0 Å². The third-order valence-electron chi connectivity index (χ3n) is 4.74. The summed E-state index contributed by atoms with van der Waals surface area (Å²) in [6.07, 6.45) is 7.17. The van der Waals surface area contributed by atoms with E-state index in [-0.39, 0.29) is 0 Å². The van der Waals surface area contributed by atoms with Crippen LogP contribution in [0.25, 0.3) is 11.3 Å². The average molecular weight is 264 g/mol. The molecular weight excluding hydrogens is 244 g/mol. The van der Waals surface area contributed by atoms with E-state index in [1.807, 2.05) is 0 Å². The van der Waals surface area contributed by atoms with E-state index in [1.54, 1.807) is 0 Å². The highest BCUT2D eigenvalue weighted by atomic mass is 14.8. The molecule has 102 valence electrons. The van der Waals surface area contributed by atoms with E-state index >= 15 is 0 Å². The topological polar surface area (TPSA) is 25.8 Å². The molecule has 0 N–H and O–H groups in total. The number of aryl methyl sites for hydroxylation is 6. The van der Waals surface area contributed by atoms with Gasteiger partial charge in [-0.25, -0.2) is 0 Å². The fourth-order valence-electron chi connectivity index (χ4n) is 3.68. The molecule has 0 unspecified atom stereocenters. The Morgan fingerprint density at radius 2 is 1.45 bits per heavy atom. The molecule has 2 nitrogen and oxygen atoms in total. The Balaban J connectivity index is 1.89. The first kappa shape index (κ1) is 12.1. The molecule has 0 amide bonds. The first-order valence-corrected chi connectivity index (χ1v) is 7.71. The summed E-state index contributed by atoms with van der Waals surface area (Å²) in [6, 6.07) is 4.69. The number of rotatable bonds is 1. The molecule has 0 radical (unpaired) electrons. The predicted octanol–water partition coefficient (Wildman–Crippen LogP) is 3.74. The SMILES string of the molecule is Cc1cc2c(nc1-c1cc3c(nc1C)CCC3)CCC2. The molecule has 0 atom stereocenters. The molecule has 0 bridgehead atoms. The second-order valence-corrected chi connectivity index (χ2v) is 6.19. The van der Waals surface area contributed by atoms with Gasteiger partial charge >= 0.3 is 0 Å². The van der Waals surface area contributed by atoms with Crippen molar-refractivity contribution in [3.8, 4) is 11.3 Å². The number of fused-ring (bicyclic) bond motifs is 2. The van der Waals surface area contributed by atoms with E-state index in [4.69, 9.17) is 9.97 Å². The summed E-state index contributed by atoms with van der Waals surface area (Å²) in [6.45, 7) is 4.32. The van der Waals surface area contributed by atoms with Crippen molar-refractivity contribution in [2.24, 2.45) is 0 Å². The van der Waals surface area contributed by atoms with Crippen LogP contribution in [0.3, 0.4) is 0 Å². The van der Waals surface area contributed by atoms with Crippen molar-refractivity contribution in [1.82, 2.24) is 9.97 Å². The fraction of sp³-hybridized carbons (Fsp3) is 0.444. The lowest BCUT2D eigenvalue weighted by Gasteiger charge is -2.12. The van der Waals surface area contributed by atoms with Gasteiger partial charge in [0, 0.05) is 22.6 Å². The van der Waals surface area contributed by atoms with E-state index in [2.05, 4.69) is 26.0 Å². The Labute approximate surface area is 120 Å². The zero-order valence-electron chi connectivity index (χ0n) is 12.3. The molecule has 2 aromatic heterocycles. The fourth-order valence-corrected chi connectivity index (χ4v) is 3.68. The van der Waals surface area contributed by atoms with E-state index in [0.29, 0.717) is 0 Å². The van der Waals surface area contributed by atoms with Crippen LogP contribution in [0.5, 0.6) is 0 Å². The summed E-state index contributed by atoms with van der Waals surface area (Å²) in [5.41, 5.74) is 10.4. The molecule has 4 rings (SSSR count). The quantitative estimate of drug-likeness (QED) is 0.784. The van der Waals surface area contributed by atoms with Crippen molar-refractivity contribution in [1.29, 1.82) is 0 Å². The minimum Gasteiger partial charge on any atom is -0.257 e. The lowest BCUT2D eigenvalue weighted by Crippen LogP contribution is -2.00. The van der Waals surface area contributed by atoms with Gasteiger partial charge in [0.25, 0.3) is 0 Å². The maximum absolute atomic E-state index is 4.97. The maximum Gasteiger partial charge on any atom is 0.0752 e. The Morgan fingerprint density at radius 3 is 2.20 bits per heavy atom. The second kappa shape index (κ2) is 4.41. The number of aromatic nitrogens is 2. The van der Waals surface area contributed by atoms with Crippen LogP contribution in [-0.4, -0.2) is 9.97 Å². The average Bonchev–Trinajstić information content (AvgIpc) is 3.04. The number of nitrogens with zero attached hydrogens (tertiary/aromatic N) is 2. The van der Waals surface area contributed by atoms with E-state index in [1.165, 1.54) is 59.3 Å². The normalized spacial score (nSPS) is 16.3. The lowest BCUT2D eigenvalue weighted by molar-refractivity contribution is 0.896. The Kier molecular flexibility index (Phi) is 2.66. The third-order valence-corrected chi connectivity index (χ3v) is 4.74. The van der Waals surface area contributed by atoms with Gasteiger partial charge in [-0.3, -0.25) is 9.97 Å². The summed E-state index contributed by atoms with van der Waals surface area (Å²) >= 11 is 0. The van der Waals surface area contributed by atoms with Gasteiger partial charge < -0.3 is 0 Å². The molecule has 20 heavy (non-hydrogen) atoms. The number of hydrogen-bond donors (Lipinski definition) is 0. The highest BCUT2D eigenvalue weighted by Crippen LogP contribution is 2.32. The van der Waals surface area contributed by atoms with Crippen molar-refractivity contribution in [2.45, 2.75) is 52.4 Å². The zero-order valence-corrected chi connectivity index (χ0v) is 12.3. The van der Waals surface area contributed by atoms with Gasteiger partial charge in [0.15, 0.2) is 0 Å². The molecule has 2 aliphatic rings. The van der Waals surface area contributed by atoms with Gasteiger partial charge in [-0.15, -0.1) is 0 Å². The van der Waals surface area contributed by atoms with Crippen LogP contribution in [0.2, 0.25) is 0 Å². The van der Waals surface area contributed by atoms with Crippen molar-refractivity contribution in [3.05, 3.63) is 45.9 Å². The van der Waals surface area contributed by atoms with Crippen LogP contribution < -0.4 is 0 Å². The van der Waals surface area contributed by atoms with Gasteiger partial charge in [-0.1, -0.05) is 6.07 Å². The molecule has 0 spiro atoms. The molecule has 0 fully saturated rings. The predicted molar refractivity (Wildman–Crippen MR) is 81.0 cm³/mol. The summed E-state index contributed by atoms with van der Waals surface area (Å²) in [5, 5.41) is 0. The largest absolute Gasteiger partial charge is 0.257 e. The van der Waals surface area contributed by atoms with Gasteiger partial charge in [0.2, 0.25) is 0 Å². The van der Waals surface area contributed by atoms with Crippen LogP contribution in [0.15, 0.2) is 12.1 Å². The third kappa shape index (κ3) is 1.78. The summed E-state index contributed by atoms with van der Waals surface area (Å²) < 4.78 is 0. The molecule has 0 saturated carbocycles. The first-order chi connectivity index (χ1) is 9.72. The molecule has 0 aromatic carbocycles. The van der Waals surface area contributed by atoms with Gasteiger partial charge in [0.1, 0.15) is 0 Å². The molecule has 2 aromatic rings. The Morgan fingerprint density at radius 1 is 0.800 bits per heavy atom. The molecule has 0 aliphatic heterocycles. The monoisotopic (exact) mass is 264 g/mol.